The molecule has 102 valence electrons. The molecule has 20 heavy (non-hydrogen) atoms. The Hall–Kier alpha value is -2.56. The number of fused-ring (bicyclic) bond motifs is 1. The fraction of sp³-hybridized carbons (Fsp3) is 0.200. The third-order valence-electron chi connectivity index (χ3n) is 3.56. The van der Waals surface area contributed by atoms with E-state index in [1.165, 1.54) is 10.2 Å². The molecule has 0 radical (unpaired) electrons. The number of carboxylic acid groups (broad SMARTS) is 1. The number of aryl methyl sites for hydroxylation is 3. The minimum Gasteiger partial charge on any atom is -0.477 e. The summed E-state index contributed by atoms with van der Waals surface area (Å²) in [6.45, 7) is 2.05. The zero-order chi connectivity index (χ0) is 14.4. The van der Waals surface area contributed by atoms with Crippen LogP contribution in [0.1, 0.15) is 16.1 Å². The topological polar surface area (TPSA) is 60.0 Å². The molecule has 0 atom stereocenters. The SMILES string of the molecule is Cc1ccc2c(c1)cc(-c1cc(C(=O)O)n(C)n1)n2C. The van der Waals surface area contributed by atoms with Crippen LogP contribution in [0.3, 0.4) is 0 Å². The smallest absolute Gasteiger partial charge is 0.354 e. The van der Waals surface area contributed by atoms with Crippen LogP contribution in [0.2, 0.25) is 0 Å². The van der Waals surface area contributed by atoms with Crippen molar-refractivity contribution in [2.75, 3.05) is 0 Å². The molecular weight excluding hydrogens is 254 g/mol. The fourth-order valence-electron chi connectivity index (χ4n) is 2.51. The van der Waals surface area contributed by atoms with E-state index < -0.39 is 5.97 Å². The molecule has 0 amide bonds. The molecule has 1 aromatic carbocycles. The number of hydrogen-bond donors (Lipinski definition) is 1. The summed E-state index contributed by atoms with van der Waals surface area (Å²) in [5.74, 6) is -0.971. The summed E-state index contributed by atoms with van der Waals surface area (Å²) in [5, 5.41) is 14.5. The van der Waals surface area contributed by atoms with Crippen LogP contribution in [-0.4, -0.2) is 25.4 Å². The maximum Gasteiger partial charge on any atom is 0.354 e. The van der Waals surface area contributed by atoms with Crippen molar-refractivity contribution in [3.05, 3.63) is 41.6 Å². The van der Waals surface area contributed by atoms with Gasteiger partial charge in [0.05, 0.1) is 5.69 Å². The fourth-order valence-corrected chi connectivity index (χ4v) is 2.51. The van der Waals surface area contributed by atoms with Crippen molar-refractivity contribution in [2.24, 2.45) is 14.1 Å². The first kappa shape index (κ1) is 12.5. The summed E-state index contributed by atoms with van der Waals surface area (Å²) in [5.41, 5.74) is 4.06. The van der Waals surface area contributed by atoms with Crippen molar-refractivity contribution in [1.29, 1.82) is 0 Å². The molecule has 5 nitrogen and oxygen atoms in total. The Morgan fingerprint density at radius 2 is 1.95 bits per heavy atom. The van der Waals surface area contributed by atoms with Gasteiger partial charge in [-0.25, -0.2) is 4.79 Å². The van der Waals surface area contributed by atoms with Crippen LogP contribution in [0.25, 0.3) is 22.3 Å². The number of aromatic nitrogens is 3. The van der Waals surface area contributed by atoms with E-state index in [2.05, 4.69) is 30.2 Å². The lowest BCUT2D eigenvalue weighted by atomic mass is 10.2. The summed E-state index contributed by atoms with van der Waals surface area (Å²) in [6.07, 6.45) is 0. The molecule has 0 spiro atoms. The van der Waals surface area contributed by atoms with Crippen LogP contribution in [0.4, 0.5) is 0 Å². The Morgan fingerprint density at radius 3 is 2.60 bits per heavy atom. The molecule has 2 aromatic heterocycles. The van der Waals surface area contributed by atoms with Crippen molar-refractivity contribution in [3.8, 4) is 11.4 Å². The van der Waals surface area contributed by atoms with Crippen LogP contribution in [0, 0.1) is 6.92 Å². The minimum atomic E-state index is -0.971. The highest BCUT2D eigenvalue weighted by atomic mass is 16.4. The number of carbonyl (C=O) groups is 1. The van der Waals surface area contributed by atoms with E-state index >= 15 is 0 Å². The zero-order valence-electron chi connectivity index (χ0n) is 11.6. The van der Waals surface area contributed by atoms with Gasteiger partial charge in [-0.15, -0.1) is 0 Å². The van der Waals surface area contributed by atoms with Gasteiger partial charge in [0.15, 0.2) is 0 Å². The van der Waals surface area contributed by atoms with Crippen LogP contribution in [0.5, 0.6) is 0 Å². The largest absolute Gasteiger partial charge is 0.477 e. The molecule has 5 heteroatoms. The first-order valence-electron chi connectivity index (χ1n) is 6.31. The number of carboxylic acids is 1. The molecule has 0 bridgehead atoms. The van der Waals surface area contributed by atoms with Crippen molar-refractivity contribution in [2.45, 2.75) is 6.92 Å². The van der Waals surface area contributed by atoms with Crippen LogP contribution >= 0.6 is 0 Å². The highest BCUT2D eigenvalue weighted by molar-refractivity contribution is 5.90. The molecule has 0 aliphatic carbocycles. The Labute approximate surface area is 116 Å². The highest BCUT2D eigenvalue weighted by Crippen LogP contribution is 2.27. The molecule has 0 saturated carbocycles. The second kappa shape index (κ2) is 4.23. The summed E-state index contributed by atoms with van der Waals surface area (Å²) < 4.78 is 3.42. The summed E-state index contributed by atoms with van der Waals surface area (Å²) in [6, 6.07) is 9.88. The van der Waals surface area contributed by atoms with Gasteiger partial charge in [0, 0.05) is 31.1 Å². The lowest BCUT2D eigenvalue weighted by Gasteiger charge is -2.01. The zero-order valence-corrected chi connectivity index (χ0v) is 11.6. The van der Waals surface area contributed by atoms with Crippen LogP contribution in [0.15, 0.2) is 30.3 Å². The van der Waals surface area contributed by atoms with Gasteiger partial charge in [0.25, 0.3) is 0 Å². The maximum atomic E-state index is 11.1. The van der Waals surface area contributed by atoms with Gasteiger partial charge in [0.1, 0.15) is 11.4 Å². The number of benzene rings is 1. The van der Waals surface area contributed by atoms with Crippen LogP contribution < -0.4 is 0 Å². The standard InChI is InChI=1S/C15H15N3O2/c1-9-4-5-12-10(6-9)7-13(17(12)2)11-8-14(15(19)20)18(3)16-11/h4-8H,1-3H3,(H,19,20). The van der Waals surface area contributed by atoms with E-state index in [0.29, 0.717) is 5.69 Å². The molecule has 0 unspecified atom stereocenters. The van der Waals surface area contributed by atoms with E-state index in [1.54, 1.807) is 13.1 Å². The Morgan fingerprint density at radius 1 is 1.20 bits per heavy atom. The van der Waals surface area contributed by atoms with Crippen molar-refractivity contribution in [1.82, 2.24) is 14.3 Å². The minimum absolute atomic E-state index is 0.182. The monoisotopic (exact) mass is 269 g/mol. The first-order valence-corrected chi connectivity index (χ1v) is 6.31. The maximum absolute atomic E-state index is 11.1. The van der Waals surface area contributed by atoms with E-state index in [-0.39, 0.29) is 5.69 Å². The second-order valence-electron chi connectivity index (χ2n) is 4.99. The van der Waals surface area contributed by atoms with Gasteiger partial charge < -0.3 is 9.67 Å². The van der Waals surface area contributed by atoms with Gasteiger partial charge in [-0.1, -0.05) is 11.6 Å². The quantitative estimate of drug-likeness (QED) is 0.778. The molecule has 3 aromatic rings. The third-order valence-corrected chi connectivity index (χ3v) is 3.56. The Kier molecular flexibility index (Phi) is 2.64. The number of hydrogen-bond acceptors (Lipinski definition) is 2. The normalized spacial score (nSPS) is 11.2. The lowest BCUT2D eigenvalue weighted by molar-refractivity contribution is 0.0685. The van der Waals surface area contributed by atoms with Gasteiger partial charge >= 0.3 is 5.97 Å². The van der Waals surface area contributed by atoms with E-state index in [0.717, 1.165) is 16.6 Å². The van der Waals surface area contributed by atoms with Crippen molar-refractivity contribution < 1.29 is 9.90 Å². The molecule has 1 N–H and O–H groups in total. The third kappa shape index (κ3) is 1.79. The highest BCUT2D eigenvalue weighted by Gasteiger charge is 2.16. The Balaban J connectivity index is 2.22. The molecule has 0 saturated heterocycles. The summed E-state index contributed by atoms with van der Waals surface area (Å²) >= 11 is 0. The average Bonchev–Trinajstić information content (AvgIpc) is 2.90. The van der Waals surface area contributed by atoms with Crippen molar-refractivity contribution >= 4 is 16.9 Å². The lowest BCUT2D eigenvalue weighted by Crippen LogP contribution is -2.04. The van der Waals surface area contributed by atoms with Gasteiger partial charge in [-0.2, -0.15) is 5.10 Å². The molecule has 3 rings (SSSR count). The first-order chi connectivity index (χ1) is 9.47. The molecule has 0 fully saturated rings. The predicted octanol–water partition coefficient (Wildman–Crippen LogP) is 2.59. The average molecular weight is 269 g/mol. The Bertz CT molecular complexity index is 827. The number of aromatic carboxylic acids is 1. The molecule has 2 heterocycles. The summed E-state index contributed by atoms with van der Waals surface area (Å²) in [4.78, 5) is 11.1. The van der Waals surface area contributed by atoms with Crippen LogP contribution in [-0.2, 0) is 14.1 Å². The molecular formula is C15H15N3O2. The van der Waals surface area contributed by atoms with E-state index in [9.17, 15) is 4.79 Å². The van der Waals surface area contributed by atoms with Crippen molar-refractivity contribution in [3.63, 3.8) is 0 Å². The van der Waals surface area contributed by atoms with Gasteiger partial charge in [0.2, 0.25) is 0 Å². The number of rotatable bonds is 2. The van der Waals surface area contributed by atoms with E-state index in [4.69, 9.17) is 5.11 Å². The predicted molar refractivity (Wildman–Crippen MR) is 76.8 cm³/mol. The van der Waals surface area contributed by atoms with Gasteiger partial charge in [-0.05, 0) is 25.1 Å². The number of nitrogens with zero attached hydrogens (tertiary/aromatic N) is 3. The van der Waals surface area contributed by atoms with E-state index in [1.807, 2.05) is 17.7 Å². The van der Waals surface area contributed by atoms with Gasteiger partial charge in [-0.3, -0.25) is 4.68 Å². The molecule has 0 aliphatic heterocycles. The summed E-state index contributed by atoms with van der Waals surface area (Å²) in [7, 11) is 3.60. The second-order valence-corrected chi connectivity index (χ2v) is 4.99. The molecule has 0 aliphatic rings.